The number of hydrogen-bond acceptors (Lipinski definition) is 1. The topological polar surface area (TPSA) is 34.0 Å². The number of hydrogen-bond donors (Lipinski definition) is 1. The van der Waals surface area contributed by atoms with Gasteiger partial charge in [0, 0.05) is 31.2 Å². The molecule has 0 radical (unpaired) electrons. The summed E-state index contributed by atoms with van der Waals surface area (Å²) in [5, 5.41) is 3.69. The maximum Gasteiger partial charge on any atom is 0.253 e. The molecule has 84 valence electrons. The molecular weight excluding hydrogens is 200 g/mol. The highest BCUT2D eigenvalue weighted by atomic mass is 16.1. The Morgan fingerprint density at radius 2 is 1.88 bits per heavy atom. The first-order chi connectivity index (χ1) is 7.54. The molecule has 3 nitrogen and oxygen atoms in total. The van der Waals surface area contributed by atoms with Gasteiger partial charge in [0.25, 0.3) is 5.91 Å². The number of carbonyl (C=O) groups is 1. The summed E-state index contributed by atoms with van der Waals surface area (Å²) < 4.78 is 1.99. The maximum atomic E-state index is 11.7. The second-order valence-electron chi connectivity index (χ2n) is 4.19. The van der Waals surface area contributed by atoms with Crippen LogP contribution < -0.4 is 5.32 Å². The number of benzene rings is 1. The molecule has 0 aliphatic rings. The molecule has 0 atom stereocenters. The number of aromatic nitrogens is 1. The molecule has 1 aromatic carbocycles. The van der Waals surface area contributed by atoms with Gasteiger partial charge in [-0.3, -0.25) is 4.79 Å². The molecule has 0 aliphatic carbocycles. The maximum absolute atomic E-state index is 11.7. The molecule has 3 heteroatoms. The van der Waals surface area contributed by atoms with Crippen LogP contribution in [0.3, 0.4) is 0 Å². The summed E-state index contributed by atoms with van der Waals surface area (Å²) in [7, 11) is 3.62. The number of nitrogens with zero attached hydrogens (tertiary/aromatic N) is 1. The van der Waals surface area contributed by atoms with E-state index in [9.17, 15) is 4.79 Å². The molecule has 0 fully saturated rings. The van der Waals surface area contributed by atoms with Crippen LogP contribution >= 0.6 is 0 Å². The third kappa shape index (κ3) is 1.48. The zero-order valence-electron chi connectivity index (χ0n) is 10.1. The quantitative estimate of drug-likeness (QED) is 0.778. The fourth-order valence-corrected chi connectivity index (χ4v) is 1.96. The van der Waals surface area contributed by atoms with Crippen molar-refractivity contribution >= 4 is 16.8 Å². The van der Waals surface area contributed by atoms with Crippen LogP contribution in [-0.2, 0) is 7.05 Å². The molecule has 0 saturated heterocycles. The highest BCUT2D eigenvalue weighted by Gasteiger charge is 2.13. The second-order valence-corrected chi connectivity index (χ2v) is 4.19. The number of nitrogens with one attached hydrogen (secondary N) is 1. The number of carbonyl (C=O) groups excluding carboxylic acids is 1. The summed E-state index contributed by atoms with van der Waals surface area (Å²) in [4.78, 5) is 11.7. The summed E-state index contributed by atoms with van der Waals surface area (Å²) >= 11 is 0. The Morgan fingerprint density at radius 1 is 1.25 bits per heavy atom. The normalized spacial score (nSPS) is 10.8. The van der Waals surface area contributed by atoms with Crippen molar-refractivity contribution in [2.24, 2.45) is 7.05 Å². The first kappa shape index (κ1) is 10.7. The SMILES string of the molecule is CNC(=O)c1cn(C)c2cc(C)c(C)cc12. The molecule has 0 bridgehead atoms. The van der Waals surface area contributed by atoms with Gasteiger partial charge in [-0.2, -0.15) is 0 Å². The predicted octanol–water partition coefficient (Wildman–Crippen LogP) is 2.15. The van der Waals surface area contributed by atoms with Crippen LogP contribution in [-0.4, -0.2) is 17.5 Å². The van der Waals surface area contributed by atoms with E-state index in [1.807, 2.05) is 17.8 Å². The number of fused-ring (bicyclic) bond motifs is 1. The molecule has 1 N–H and O–H groups in total. The van der Waals surface area contributed by atoms with Crippen LogP contribution in [0.4, 0.5) is 0 Å². The molecule has 16 heavy (non-hydrogen) atoms. The van der Waals surface area contributed by atoms with E-state index in [-0.39, 0.29) is 5.91 Å². The summed E-state index contributed by atoms with van der Waals surface area (Å²) in [6.45, 7) is 4.15. The average Bonchev–Trinajstić information content (AvgIpc) is 2.56. The van der Waals surface area contributed by atoms with E-state index in [0.717, 1.165) is 16.5 Å². The smallest absolute Gasteiger partial charge is 0.253 e. The molecule has 0 spiro atoms. The zero-order chi connectivity index (χ0) is 11.9. The lowest BCUT2D eigenvalue weighted by Gasteiger charge is -2.02. The van der Waals surface area contributed by atoms with Gasteiger partial charge in [-0.05, 0) is 37.1 Å². The summed E-state index contributed by atoms with van der Waals surface area (Å²) in [6, 6.07) is 4.20. The van der Waals surface area contributed by atoms with Crippen molar-refractivity contribution in [2.75, 3.05) is 7.05 Å². The Kier molecular flexibility index (Phi) is 2.46. The van der Waals surface area contributed by atoms with E-state index in [1.54, 1.807) is 7.05 Å². The molecule has 1 amide bonds. The van der Waals surface area contributed by atoms with Crippen molar-refractivity contribution in [3.63, 3.8) is 0 Å². The Balaban J connectivity index is 2.78. The summed E-state index contributed by atoms with van der Waals surface area (Å²) in [5.41, 5.74) is 4.30. The Hall–Kier alpha value is -1.77. The minimum absolute atomic E-state index is 0.0335. The van der Waals surface area contributed by atoms with Crippen molar-refractivity contribution < 1.29 is 4.79 Å². The molecule has 1 aromatic heterocycles. The first-order valence-corrected chi connectivity index (χ1v) is 5.33. The van der Waals surface area contributed by atoms with E-state index in [1.165, 1.54) is 11.1 Å². The van der Waals surface area contributed by atoms with Crippen LogP contribution in [0.15, 0.2) is 18.3 Å². The number of rotatable bonds is 1. The van der Waals surface area contributed by atoms with E-state index in [2.05, 4.69) is 31.3 Å². The van der Waals surface area contributed by atoms with Crippen molar-refractivity contribution in [2.45, 2.75) is 13.8 Å². The molecule has 2 rings (SSSR count). The summed E-state index contributed by atoms with van der Waals surface area (Å²) in [5.74, 6) is -0.0335. The summed E-state index contributed by atoms with van der Waals surface area (Å²) in [6.07, 6.45) is 1.88. The van der Waals surface area contributed by atoms with E-state index >= 15 is 0 Å². The van der Waals surface area contributed by atoms with Crippen LogP contribution in [0, 0.1) is 13.8 Å². The standard InChI is InChI=1S/C13H16N2O/c1-8-5-10-11(13(16)14-3)7-15(4)12(10)6-9(8)2/h5-7H,1-4H3,(H,14,16). The number of aryl methyl sites for hydroxylation is 3. The largest absolute Gasteiger partial charge is 0.355 e. The van der Waals surface area contributed by atoms with Gasteiger partial charge in [0.1, 0.15) is 0 Å². The zero-order valence-corrected chi connectivity index (χ0v) is 10.1. The van der Waals surface area contributed by atoms with Gasteiger partial charge in [0.15, 0.2) is 0 Å². The van der Waals surface area contributed by atoms with Crippen molar-refractivity contribution in [3.05, 3.63) is 35.0 Å². The molecule has 1 heterocycles. The van der Waals surface area contributed by atoms with Gasteiger partial charge in [-0.15, -0.1) is 0 Å². The van der Waals surface area contributed by atoms with Gasteiger partial charge in [0.2, 0.25) is 0 Å². The third-order valence-electron chi connectivity index (χ3n) is 3.08. The first-order valence-electron chi connectivity index (χ1n) is 5.33. The van der Waals surface area contributed by atoms with Gasteiger partial charge in [-0.25, -0.2) is 0 Å². The average molecular weight is 216 g/mol. The van der Waals surface area contributed by atoms with Crippen LogP contribution in [0.1, 0.15) is 21.5 Å². The lowest BCUT2D eigenvalue weighted by molar-refractivity contribution is 0.0964. The molecular formula is C13H16N2O. The van der Waals surface area contributed by atoms with Gasteiger partial charge in [0.05, 0.1) is 5.56 Å². The molecule has 0 unspecified atom stereocenters. The Bertz CT molecular complexity index is 567. The third-order valence-corrected chi connectivity index (χ3v) is 3.08. The highest BCUT2D eigenvalue weighted by molar-refractivity contribution is 6.07. The minimum atomic E-state index is -0.0335. The van der Waals surface area contributed by atoms with Crippen LogP contribution in [0.25, 0.3) is 10.9 Å². The number of amides is 1. The van der Waals surface area contributed by atoms with Crippen LogP contribution in [0.5, 0.6) is 0 Å². The highest BCUT2D eigenvalue weighted by Crippen LogP contribution is 2.24. The Labute approximate surface area is 95.1 Å². The van der Waals surface area contributed by atoms with E-state index in [0.29, 0.717) is 0 Å². The molecule has 2 aromatic rings. The lowest BCUT2D eigenvalue weighted by Crippen LogP contribution is -2.17. The lowest BCUT2D eigenvalue weighted by atomic mass is 10.1. The van der Waals surface area contributed by atoms with E-state index < -0.39 is 0 Å². The van der Waals surface area contributed by atoms with E-state index in [4.69, 9.17) is 0 Å². The van der Waals surface area contributed by atoms with Gasteiger partial charge in [-0.1, -0.05) is 0 Å². The van der Waals surface area contributed by atoms with Gasteiger partial charge >= 0.3 is 0 Å². The minimum Gasteiger partial charge on any atom is -0.355 e. The van der Waals surface area contributed by atoms with Gasteiger partial charge < -0.3 is 9.88 Å². The van der Waals surface area contributed by atoms with Crippen molar-refractivity contribution in [3.8, 4) is 0 Å². The van der Waals surface area contributed by atoms with Crippen molar-refractivity contribution in [1.82, 2.24) is 9.88 Å². The fraction of sp³-hybridized carbons (Fsp3) is 0.308. The van der Waals surface area contributed by atoms with Crippen molar-refractivity contribution in [1.29, 1.82) is 0 Å². The molecule has 0 aliphatic heterocycles. The second kappa shape index (κ2) is 3.67. The molecule has 0 saturated carbocycles. The Morgan fingerprint density at radius 3 is 2.50 bits per heavy atom. The van der Waals surface area contributed by atoms with Crippen LogP contribution in [0.2, 0.25) is 0 Å². The fourth-order valence-electron chi connectivity index (χ4n) is 1.96. The monoisotopic (exact) mass is 216 g/mol. The predicted molar refractivity (Wildman–Crippen MR) is 65.8 cm³/mol.